The summed E-state index contributed by atoms with van der Waals surface area (Å²) in [4.78, 5) is 0. The largest absolute Gasteiger partial charge is 0.364 e. The molecule has 1 saturated heterocycles. The predicted octanol–water partition coefficient (Wildman–Crippen LogP) is 3.74. The van der Waals surface area contributed by atoms with Gasteiger partial charge in [0.15, 0.2) is 0 Å². The second-order valence-corrected chi connectivity index (χ2v) is 6.63. The number of rotatable bonds is 1. The summed E-state index contributed by atoms with van der Waals surface area (Å²) in [6.45, 7) is 5.81. The van der Waals surface area contributed by atoms with Crippen molar-refractivity contribution in [2.75, 3.05) is 13.1 Å². The van der Waals surface area contributed by atoms with Crippen molar-refractivity contribution in [3.8, 4) is 0 Å². The van der Waals surface area contributed by atoms with Crippen molar-refractivity contribution in [2.24, 2.45) is 5.92 Å². The molecule has 110 valence electrons. The van der Waals surface area contributed by atoms with Gasteiger partial charge >= 0.3 is 0 Å². The van der Waals surface area contributed by atoms with Crippen LogP contribution in [-0.4, -0.2) is 18.7 Å². The van der Waals surface area contributed by atoms with Gasteiger partial charge in [-0.2, -0.15) is 0 Å². The lowest BCUT2D eigenvalue weighted by atomic mass is 9.77. The molecular weight excluding hydrogens is 253 g/mol. The van der Waals surface area contributed by atoms with E-state index in [1.807, 2.05) is 12.1 Å². The highest BCUT2D eigenvalue weighted by molar-refractivity contribution is 5.25. The summed E-state index contributed by atoms with van der Waals surface area (Å²) in [5, 5.41) is 3.50. The molecule has 1 aliphatic heterocycles. The van der Waals surface area contributed by atoms with Crippen molar-refractivity contribution in [2.45, 2.75) is 51.2 Å². The van der Waals surface area contributed by atoms with Crippen LogP contribution in [0.3, 0.4) is 0 Å². The van der Waals surface area contributed by atoms with Crippen LogP contribution in [0.1, 0.15) is 49.8 Å². The van der Waals surface area contributed by atoms with Gasteiger partial charge in [-0.25, -0.2) is 4.39 Å². The molecule has 0 aromatic heterocycles. The van der Waals surface area contributed by atoms with Gasteiger partial charge in [0.2, 0.25) is 0 Å². The maximum atomic E-state index is 13.8. The molecule has 2 aliphatic rings. The Hall–Kier alpha value is -0.930. The van der Waals surface area contributed by atoms with E-state index >= 15 is 0 Å². The van der Waals surface area contributed by atoms with Gasteiger partial charge in [0.05, 0.1) is 11.7 Å². The first-order chi connectivity index (χ1) is 9.58. The summed E-state index contributed by atoms with van der Waals surface area (Å²) in [5.74, 6) is 0.585. The molecule has 1 aromatic rings. The van der Waals surface area contributed by atoms with Crippen LogP contribution in [0.4, 0.5) is 4.39 Å². The summed E-state index contributed by atoms with van der Waals surface area (Å²) in [6.07, 6.45) is 4.75. The Labute approximate surface area is 120 Å². The molecule has 3 rings (SSSR count). The zero-order valence-electron chi connectivity index (χ0n) is 12.4. The molecule has 1 aliphatic carbocycles. The van der Waals surface area contributed by atoms with E-state index in [4.69, 9.17) is 4.74 Å². The van der Waals surface area contributed by atoms with Gasteiger partial charge in [-0.1, -0.05) is 31.9 Å². The van der Waals surface area contributed by atoms with Gasteiger partial charge in [0.1, 0.15) is 5.82 Å². The second-order valence-electron chi connectivity index (χ2n) is 6.63. The van der Waals surface area contributed by atoms with Crippen molar-refractivity contribution >= 4 is 0 Å². The Kier molecular flexibility index (Phi) is 3.83. The van der Waals surface area contributed by atoms with E-state index in [0.717, 1.165) is 37.4 Å². The maximum absolute atomic E-state index is 13.8. The minimum atomic E-state index is -0.136. The van der Waals surface area contributed by atoms with E-state index in [1.165, 1.54) is 12.8 Å². The van der Waals surface area contributed by atoms with E-state index in [-0.39, 0.29) is 17.5 Å². The fourth-order valence-corrected chi connectivity index (χ4v) is 3.69. The van der Waals surface area contributed by atoms with Crippen molar-refractivity contribution < 1.29 is 9.13 Å². The van der Waals surface area contributed by atoms with Gasteiger partial charge in [-0.05, 0) is 42.9 Å². The molecule has 1 aromatic carbocycles. The van der Waals surface area contributed by atoms with Crippen molar-refractivity contribution in [3.63, 3.8) is 0 Å². The highest BCUT2D eigenvalue weighted by atomic mass is 19.1. The first kappa shape index (κ1) is 14.0. The van der Waals surface area contributed by atoms with E-state index in [9.17, 15) is 4.39 Å². The van der Waals surface area contributed by atoms with Gasteiger partial charge in [-0.3, -0.25) is 0 Å². The highest BCUT2D eigenvalue weighted by Crippen LogP contribution is 2.40. The second kappa shape index (κ2) is 5.45. The molecule has 1 N–H and O–H groups in total. The number of benzene rings is 1. The Morgan fingerprint density at radius 3 is 3.00 bits per heavy atom. The fraction of sp³-hybridized carbons (Fsp3) is 0.647. The van der Waals surface area contributed by atoms with Gasteiger partial charge in [-0.15, -0.1) is 0 Å². The van der Waals surface area contributed by atoms with Gasteiger partial charge in [0, 0.05) is 13.1 Å². The molecule has 0 amide bonds. The van der Waals surface area contributed by atoms with Crippen LogP contribution in [0.2, 0.25) is 0 Å². The van der Waals surface area contributed by atoms with Crippen LogP contribution in [0.5, 0.6) is 0 Å². The quantitative estimate of drug-likeness (QED) is 0.844. The molecule has 1 heterocycles. The van der Waals surface area contributed by atoms with E-state index < -0.39 is 0 Å². The third-order valence-corrected chi connectivity index (χ3v) is 4.79. The first-order valence-corrected chi connectivity index (χ1v) is 7.73. The summed E-state index contributed by atoms with van der Waals surface area (Å²) < 4.78 is 20.2. The molecule has 2 nitrogen and oxygen atoms in total. The number of morpholine rings is 1. The zero-order valence-corrected chi connectivity index (χ0v) is 12.4. The standard InChI is InChI=1S/C17H24FNO/c1-12-4-3-7-17(9-12)11-19-10-16(20-17)14-6-5-13(2)15(18)8-14/h5-6,8,12,16,19H,3-4,7,9-11H2,1-2H3. The molecule has 1 spiro atoms. The Morgan fingerprint density at radius 2 is 2.25 bits per heavy atom. The first-order valence-electron chi connectivity index (χ1n) is 7.73. The molecule has 1 saturated carbocycles. The number of hydrogen-bond acceptors (Lipinski definition) is 2. The number of nitrogens with one attached hydrogen (secondary N) is 1. The van der Waals surface area contributed by atoms with Gasteiger partial charge in [0.25, 0.3) is 0 Å². The SMILES string of the molecule is Cc1ccc(C2CNCC3(CCCC(C)C3)O2)cc1F. The maximum Gasteiger partial charge on any atom is 0.126 e. The summed E-state index contributed by atoms with van der Waals surface area (Å²) in [5.41, 5.74) is 1.61. The molecule has 3 atom stereocenters. The lowest BCUT2D eigenvalue weighted by Gasteiger charge is -2.46. The van der Waals surface area contributed by atoms with Crippen LogP contribution >= 0.6 is 0 Å². The molecule has 2 fully saturated rings. The van der Waals surface area contributed by atoms with Crippen LogP contribution in [0.25, 0.3) is 0 Å². The Bertz CT molecular complexity index is 486. The average Bonchev–Trinajstić information content (AvgIpc) is 2.42. The van der Waals surface area contributed by atoms with Crippen molar-refractivity contribution in [3.05, 3.63) is 35.1 Å². The van der Waals surface area contributed by atoms with Crippen molar-refractivity contribution in [1.82, 2.24) is 5.32 Å². The fourth-order valence-electron chi connectivity index (χ4n) is 3.69. The minimum Gasteiger partial charge on any atom is -0.364 e. The number of hydrogen-bond donors (Lipinski definition) is 1. The van der Waals surface area contributed by atoms with E-state index in [2.05, 4.69) is 12.2 Å². The zero-order chi connectivity index (χ0) is 14.2. The molecular formula is C17H24FNO. The normalized spacial score (nSPS) is 34.4. The Morgan fingerprint density at radius 1 is 1.40 bits per heavy atom. The van der Waals surface area contributed by atoms with E-state index in [1.54, 1.807) is 13.0 Å². The van der Waals surface area contributed by atoms with Crippen LogP contribution in [0.15, 0.2) is 18.2 Å². The minimum absolute atomic E-state index is 0.0239. The molecule has 20 heavy (non-hydrogen) atoms. The third kappa shape index (κ3) is 2.75. The van der Waals surface area contributed by atoms with E-state index in [0.29, 0.717) is 5.56 Å². The summed E-state index contributed by atoms with van der Waals surface area (Å²) in [6, 6.07) is 5.47. The number of halogens is 1. The summed E-state index contributed by atoms with van der Waals surface area (Å²) >= 11 is 0. The topological polar surface area (TPSA) is 21.3 Å². The highest BCUT2D eigenvalue weighted by Gasteiger charge is 2.40. The Balaban J connectivity index is 1.79. The van der Waals surface area contributed by atoms with Gasteiger partial charge < -0.3 is 10.1 Å². The predicted molar refractivity (Wildman–Crippen MR) is 78.2 cm³/mol. The van der Waals surface area contributed by atoms with Crippen LogP contribution in [0, 0.1) is 18.7 Å². The number of aryl methyl sites for hydroxylation is 1. The van der Waals surface area contributed by atoms with Crippen LogP contribution in [-0.2, 0) is 4.74 Å². The lowest BCUT2D eigenvalue weighted by molar-refractivity contribution is -0.143. The third-order valence-electron chi connectivity index (χ3n) is 4.79. The van der Waals surface area contributed by atoms with Crippen molar-refractivity contribution in [1.29, 1.82) is 0 Å². The average molecular weight is 277 g/mol. The molecule has 3 unspecified atom stereocenters. The monoisotopic (exact) mass is 277 g/mol. The molecule has 0 bridgehead atoms. The smallest absolute Gasteiger partial charge is 0.126 e. The number of ether oxygens (including phenoxy) is 1. The summed E-state index contributed by atoms with van der Waals surface area (Å²) in [7, 11) is 0. The molecule has 0 radical (unpaired) electrons. The molecule has 3 heteroatoms. The van der Waals surface area contributed by atoms with Crippen LogP contribution < -0.4 is 5.32 Å². The lowest BCUT2D eigenvalue weighted by Crippen LogP contribution is -2.53.